The van der Waals surface area contributed by atoms with E-state index in [2.05, 4.69) is 5.32 Å². The molecule has 2 aliphatic heterocycles. The quantitative estimate of drug-likeness (QED) is 0.144. The van der Waals surface area contributed by atoms with Gasteiger partial charge < -0.3 is 40.3 Å². The summed E-state index contributed by atoms with van der Waals surface area (Å²) < 4.78 is 38.3. The number of rotatable bonds is 10. The van der Waals surface area contributed by atoms with Gasteiger partial charge in [-0.2, -0.15) is 0 Å². The molecule has 1 amide bonds. The van der Waals surface area contributed by atoms with Gasteiger partial charge >= 0.3 is 0 Å². The average Bonchev–Trinajstić information content (AvgIpc) is 3.08. The van der Waals surface area contributed by atoms with Crippen LogP contribution in [0, 0.1) is 17.6 Å². The molecule has 0 aliphatic carbocycles. The summed E-state index contributed by atoms with van der Waals surface area (Å²) in [7, 11) is 0. The Morgan fingerprint density at radius 3 is 2.04 bits per heavy atom. The minimum atomic E-state index is -1.66. The van der Waals surface area contributed by atoms with Crippen molar-refractivity contribution in [3.8, 4) is 16.9 Å². The third-order valence-electron chi connectivity index (χ3n) is 9.05. The number of aliphatic hydroxyl groups excluding tert-OH is 5. The summed E-state index contributed by atoms with van der Waals surface area (Å²) in [4.78, 5) is 13.0. The summed E-state index contributed by atoms with van der Waals surface area (Å²) in [6.45, 7) is -0.193. The molecule has 2 aliphatic rings. The second-order valence-corrected chi connectivity index (χ2v) is 12.0. The van der Waals surface area contributed by atoms with Gasteiger partial charge in [-0.05, 0) is 77.1 Å². The van der Waals surface area contributed by atoms with Gasteiger partial charge in [0.15, 0.2) is 6.29 Å². The third-order valence-corrected chi connectivity index (χ3v) is 9.05. The van der Waals surface area contributed by atoms with Gasteiger partial charge in [-0.1, -0.05) is 60.7 Å². The molecule has 8 atom stereocenters. The van der Waals surface area contributed by atoms with Crippen molar-refractivity contribution >= 4 is 5.91 Å². The van der Waals surface area contributed by atoms with Gasteiger partial charge in [-0.3, -0.25) is 4.79 Å². The summed E-state index contributed by atoms with van der Waals surface area (Å²) in [6.07, 6.45) is -7.75. The Morgan fingerprint density at radius 2 is 1.40 bits per heavy atom. The number of hydrogen-bond acceptors (Lipinski definition) is 8. The van der Waals surface area contributed by atoms with Crippen molar-refractivity contribution in [1.29, 1.82) is 0 Å². The molecule has 1 unspecified atom stereocenters. The number of amides is 1. The number of benzene rings is 4. The molecule has 6 N–H and O–H groups in total. The minimum absolute atomic E-state index is 0.193. The minimum Gasteiger partial charge on any atom is -0.491 e. The number of ether oxygens (including phenoxy) is 2. The van der Waals surface area contributed by atoms with Gasteiger partial charge in [0.25, 0.3) is 0 Å². The number of nitrogens with one attached hydrogen (secondary N) is 1. The fourth-order valence-electron chi connectivity index (χ4n) is 6.38. The predicted octanol–water partition coefficient (Wildman–Crippen LogP) is 3.31. The largest absolute Gasteiger partial charge is 0.491 e. The number of hydrogen-bond donors (Lipinski definition) is 6. The fraction of sp³-hybridized carbons (Fsp3) is 0.306. The van der Waals surface area contributed by atoms with Crippen molar-refractivity contribution in [3.05, 3.63) is 125 Å². The number of aliphatic hydroxyl groups is 5. The van der Waals surface area contributed by atoms with Crippen LogP contribution in [0.1, 0.15) is 35.6 Å². The maximum Gasteiger partial charge on any atom is 0.227 e. The van der Waals surface area contributed by atoms with Crippen molar-refractivity contribution in [2.75, 3.05) is 6.61 Å². The lowest BCUT2D eigenvalue weighted by Crippen LogP contribution is -2.67. The SMILES string of the molecule is O=C1N[C@](c2ccc(F)cc2)(c2ccc(-c3cccc(OC[C@H]4OC(O)[C@H](O)[C@@H](O)[C@@H]4O)c3)cc2)[C@H]1CC[C@H](O)c1ccc(F)cc1. The van der Waals surface area contributed by atoms with E-state index in [-0.39, 0.29) is 18.9 Å². The molecule has 0 radical (unpaired) electrons. The molecule has 2 fully saturated rings. The van der Waals surface area contributed by atoms with Crippen LogP contribution in [0.3, 0.4) is 0 Å². The first-order valence-electron chi connectivity index (χ1n) is 15.3. The fourth-order valence-corrected chi connectivity index (χ4v) is 6.38. The summed E-state index contributed by atoms with van der Waals surface area (Å²) in [5, 5.41) is 53.5. The van der Waals surface area contributed by atoms with Crippen LogP contribution in [-0.2, 0) is 15.1 Å². The Hall–Kier alpha value is -4.23. The van der Waals surface area contributed by atoms with Crippen molar-refractivity contribution in [2.45, 2.75) is 55.2 Å². The van der Waals surface area contributed by atoms with Crippen LogP contribution in [0.25, 0.3) is 11.1 Å². The molecule has 47 heavy (non-hydrogen) atoms. The highest BCUT2D eigenvalue weighted by Crippen LogP contribution is 2.47. The van der Waals surface area contributed by atoms with Crippen LogP contribution in [0.2, 0.25) is 0 Å². The molecule has 246 valence electrons. The Bertz CT molecular complexity index is 1690. The van der Waals surface area contributed by atoms with Gasteiger partial charge in [0.2, 0.25) is 5.91 Å². The van der Waals surface area contributed by atoms with Crippen molar-refractivity contribution < 1.29 is 48.6 Å². The smallest absolute Gasteiger partial charge is 0.227 e. The van der Waals surface area contributed by atoms with E-state index in [9.17, 15) is 39.1 Å². The highest BCUT2D eigenvalue weighted by atomic mass is 19.1. The molecule has 2 saturated heterocycles. The van der Waals surface area contributed by atoms with E-state index in [0.29, 0.717) is 23.3 Å². The van der Waals surface area contributed by atoms with Gasteiger partial charge in [0.1, 0.15) is 53.9 Å². The maximum absolute atomic E-state index is 13.9. The normalized spacial score (nSPS) is 27.9. The van der Waals surface area contributed by atoms with Gasteiger partial charge in [0.05, 0.1) is 12.0 Å². The Kier molecular flexibility index (Phi) is 9.38. The van der Waals surface area contributed by atoms with E-state index in [4.69, 9.17) is 9.47 Å². The standard InChI is InChI=1S/C36H35F2NO8/c37-25-12-6-21(7-13-25)29(40)17-16-28-34(44)39-36(28,24-10-14-26(38)15-11-24)23-8-4-20(5-9-23)22-2-1-3-27(18-22)46-19-30-31(41)32(42)33(43)35(45)47-30/h1-15,18,28-33,35,40-43,45H,16-17,19H2,(H,39,44)/t28-,29-,30+,31+,32-,33+,35?,36-/m0/s1. The highest BCUT2D eigenvalue weighted by Gasteiger charge is 2.55. The number of carbonyl (C=O) groups excluding carboxylic acids is 1. The van der Waals surface area contributed by atoms with Crippen LogP contribution in [-0.4, -0.2) is 68.8 Å². The van der Waals surface area contributed by atoms with Crippen LogP contribution >= 0.6 is 0 Å². The van der Waals surface area contributed by atoms with Gasteiger partial charge in [-0.15, -0.1) is 0 Å². The first-order chi connectivity index (χ1) is 22.6. The second kappa shape index (κ2) is 13.5. The van der Waals surface area contributed by atoms with Crippen molar-refractivity contribution in [2.24, 2.45) is 5.92 Å². The van der Waals surface area contributed by atoms with Crippen LogP contribution in [0.4, 0.5) is 8.78 Å². The van der Waals surface area contributed by atoms with E-state index in [0.717, 1.165) is 16.7 Å². The van der Waals surface area contributed by atoms with Gasteiger partial charge in [0, 0.05) is 0 Å². The van der Waals surface area contributed by atoms with E-state index in [1.807, 2.05) is 30.3 Å². The van der Waals surface area contributed by atoms with E-state index < -0.39 is 59.9 Å². The first-order valence-corrected chi connectivity index (χ1v) is 15.3. The summed E-state index contributed by atoms with van der Waals surface area (Å²) in [5.74, 6) is -1.15. The Labute approximate surface area is 269 Å². The van der Waals surface area contributed by atoms with Crippen LogP contribution < -0.4 is 10.1 Å². The zero-order chi connectivity index (χ0) is 33.3. The zero-order valence-electron chi connectivity index (χ0n) is 25.1. The molecule has 0 saturated carbocycles. The molecule has 0 aromatic heterocycles. The topological polar surface area (TPSA) is 149 Å². The first kappa shape index (κ1) is 32.7. The van der Waals surface area contributed by atoms with Crippen LogP contribution in [0.5, 0.6) is 5.75 Å². The summed E-state index contributed by atoms with van der Waals surface area (Å²) >= 11 is 0. The molecule has 0 spiro atoms. The molecule has 2 heterocycles. The third kappa shape index (κ3) is 6.51. The molecule has 6 rings (SSSR count). The lowest BCUT2D eigenvalue weighted by atomic mass is 9.64. The molecule has 11 heteroatoms. The molecule has 4 aromatic carbocycles. The monoisotopic (exact) mass is 647 g/mol. The zero-order valence-corrected chi connectivity index (χ0v) is 25.1. The van der Waals surface area contributed by atoms with Crippen molar-refractivity contribution in [3.63, 3.8) is 0 Å². The van der Waals surface area contributed by atoms with Crippen molar-refractivity contribution in [1.82, 2.24) is 5.32 Å². The highest BCUT2D eigenvalue weighted by molar-refractivity contribution is 5.90. The second-order valence-electron chi connectivity index (χ2n) is 12.0. The van der Waals surface area contributed by atoms with E-state index in [1.54, 1.807) is 30.3 Å². The number of carbonyl (C=O) groups is 1. The van der Waals surface area contributed by atoms with Gasteiger partial charge in [-0.25, -0.2) is 8.78 Å². The average molecular weight is 648 g/mol. The summed E-state index contributed by atoms with van der Waals surface area (Å²) in [6, 6.07) is 26.2. The van der Waals surface area contributed by atoms with Crippen LogP contribution in [0.15, 0.2) is 97.1 Å². The molecular formula is C36H35F2NO8. The molecule has 4 aromatic rings. The number of halogens is 2. The maximum atomic E-state index is 13.9. The Morgan fingerprint density at radius 1 is 0.787 bits per heavy atom. The Balaban J connectivity index is 1.21. The molecule has 0 bridgehead atoms. The van der Waals surface area contributed by atoms with E-state index in [1.165, 1.54) is 36.4 Å². The summed E-state index contributed by atoms with van der Waals surface area (Å²) in [5.41, 5.74) is 2.65. The molecule has 9 nitrogen and oxygen atoms in total. The lowest BCUT2D eigenvalue weighted by molar-refractivity contribution is -0.285. The molecular weight excluding hydrogens is 612 g/mol. The predicted molar refractivity (Wildman–Crippen MR) is 166 cm³/mol. The lowest BCUT2D eigenvalue weighted by Gasteiger charge is -2.50. The van der Waals surface area contributed by atoms with E-state index >= 15 is 0 Å². The number of β-lactam (4-membered cyclic amide) rings is 1.